The molecule has 0 aliphatic heterocycles. The fraction of sp³-hybridized carbons (Fsp3) is 0.714. The molecule has 0 aliphatic rings. The van der Waals surface area contributed by atoms with Crippen LogP contribution in [-0.4, -0.2) is 45.0 Å². The SMILES string of the molecule is COC(=O)CCCC(CCC(=O)OC)(C(C)=O)C(=O)OC. The van der Waals surface area contributed by atoms with Crippen LogP contribution in [0.15, 0.2) is 0 Å². The van der Waals surface area contributed by atoms with Gasteiger partial charge in [-0.3, -0.25) is 19.2 Å². The van der Waals surface area contributed by atoms with Crippen LogP contribution in [0.1, 0.15) is 39.0 Å². The van der Waals surface area contributed by atoms with Gasteiger partial charge in [0.15, 0.2) is 0 Å². The number of esters is 3. The fourth-order valence-corrected chi connectivity index (χ4v) is 2.07. The van der Waals surface area contributed by atoms with Crippen LogP contribution < -0.4 is 0 Å². The Balaban J connectivity index is 5.02. The lowest BCUT2D eigenvalue weighted by Crippen LogP contribution is -2.39. The van der Waals surface area contributed by atoms with Gasteiger partial charge in [0.05, 0.1) is 21.3 Å². The molecule has 0 radical (unpaired) electrons. The third kappa shape index (κ3) is 5.53. The summed E-state index contributed by atoms with van der Waals surface area (Å²) in [4.78, 5) is 46.3. The Morgan fingerprint density at radius 1 is 0.810 bits per heavy atom. The van der Waals surface area contributed by atoms with Crippen molar-refractivity contribution in [2.45, 2.75) is 39.0 Å². The number of ketones is 1. The standard InChI is InChI=1S/C14H22O7/c1-10(15)14(13(18)21-4,9-7-12(17)20-3)8-5-6-11(16)19-2/h5-9H2,1-4H3. The van der Waals surface area contributed by atoms with Gasteiger partial charge >= 0.3 is 17.9 Å². The van der Waals surface area contributed by atoms with Crippen LogP contribution in [0.3, 0.4) is 0 Å². The van der Waals surface area contributed by atoms with E-state index in [1.807, 2.05) is 0 Å². The normalized spacial score (nSPS) is 13.0. The highest BCUT2D eigenvalue weighted by molar-refractivity contribution is 6.03. The summed E-state index contributed by atoms with van der Waals surface area (Å²) in [6.45, 7) is 1.27. The number of hydrogen-bond acceptors (Lipinski definition) is 7. The van der Waals surface area contributed by atoms with Crippen LogP contribution in [0.4, 0.5) is 0 Å². The Hall–Kier alpha value is -1.92. The molecule has 0 bridgehead atoms. The fourth-order valence-electron chi connectivity index (χ4n) is 2.07. The summed E-state index contributed by atoms with van der Waals surface area (Å²) in [7, 11) is 3.67. The summed E-state index contributed by atoms with van der Waals surface area (Å²) in [5, 5.41) is 0. The minimum absolute atomic E-state index is 0.0111. The van der Waals surface area contributed by atoms with Crippen molar-refractivity contribution in [2.24, 2.45) is 5.41 Å². The van der Waals surface area contributed by atoms with E-state index in [0.717, 1.165) is 0 Å². The molecule has 7 nitrogen and oxygen atoms in total. The van der Waals surface area contributed by atoms with E-state index in [2.05, 4.69) is 9.47 Å². The van der Waals surface area contributed by atoms with Crippen LogP contribution in [0.5, 0.6) is 0 Å². The van der Waals surface area contributed by atoms with Crippen LogP contribution in [0, 0.1) is 5.41 Å². The minimum atomic E-state index is -1.43. The zero-order valence-electron chi connectivity index (χ0n) is 12.9. The summed E-state index contributed by atoms with van der Waals surface area (Å²) in [5.74, 6) is -2.05. The summed E-state index contributed by atoms with van der Waals surface area (Å²) in [5.41, 5.74) is -1.43. The molecule has 0 heterocycles. The lowest BCUT2D eigenvalue weighted by molar-refractivity contribution is -0.160. The van der Waals surface area contributed by atoms with E-state index < -0.39 is 29.1 Å². The monoisotopic (exact) mass is 302 g/mol. The molecule has 0 aromatic carbocycles. The highest BCUT2D eigenvalue weighted by atomic mass is 16.5. The van der Waals surface area contributed by atoms with E-state index in [4.69, 9.17) is 4.74 Å². The van der Waals surface area contributed by atoms with Gasteiger partial charge in [-0.05, 0) is 26.2 Å². The Labute approximate surface area is 123 Å². The largest absolute Gasteiger partial charge is 0.469 e. The van der Waals surface area contributed by atoms with Gasteiger partial charge in [0, 0.05) is 12.8 Å². The van der Waals surface area contributed by atoms with Gasteiger partial charge in [-0.1, -0.05) is 0 Å². The molecule has 0 saturated heterocycles. The summed E-state index contributed by atoms with van der Waals surface area (Å²) < 4.78 is 13.7. The molecule has 1 atom stereocenters. The Kier molecular flexibility index (Phi) is 8.26. The molecular weight excluding hydrogens is 280 g/mol. The summed E-state index contributed by atoms with van der Waals surface area (Å²) in [6.07, 6.45) is 0.386. The van der Waals surface area contributed by atoms with Crippen LogP contribution in [-0.2, 0) is 33.4 Å². The van der Waals surface area contributed by atoms with Gasteiger partial charge in [-0.25, -0.2) is 0 Å². The second-order valence-corrected chi connectivity index (χ2v) is 4.64. The molecule has 1 unspecified atom stereocenters. The lowest BCUT2D eigenvalue weighted by Gasteiger charge is -2.27. The van der Waals surface area contributed by atoms with Gasteiger partial charge in [0.2, 0.25) is 0 Å². The van der Waals surface area contributed by atoms with Gasteiger partial charge in [0.1, 0.15) is 11.2 Å². The van der Waals surface area contributed by atoms with Crippen LogP contribution >= 0.6 is 0 Å². The van der Waals surface area contributed by atoms with E-state index >= 15 is 0 Å². The molecule has 0 aromatic heterocycles. The number of carbonyl (C=O) groups excluding carboxylic acids is 4. The highest BCUT2D eigenvalue weighted by Crippen LogP contribution is 2.33. The molecule has 0 amide bonds. The van der Waals surface area contributed by atoms with Gasteiger partial charge in [-0.15, -0.1) is 0 Å². The zero-order valence-corrected chi connectivity index (χ0v) is 12.9. The van der Waals surface area contributed by atoms with Crippen molar-refractivity contribution >= 4 is 23.7 Å². The first-order chi connectivity index (χ1) is 9.83. The molecule has 0 rings (SSSR count). The molecule has 120 valence electrons. The van der Waals surface area contributed by atoms with E-state index in [0.29, 0.717) is 0 Å². The quantitative estimate of drug-likeness (QED) is 0.356. The molecule has 0 aromatic rings. The van der Waals surface area contributed by atoms with E-state index in [-0.39, 0.29) is 32.1 Å². The molecular formula is C14H22O7. The number of Topliss-reactive ketones (excluding diaryl/α,β-unsaturated/α-hetero) is 1. The smallest absolute Gasteiger partial charge is 0.319 e. The maximum Gasteiger partial charge on any atom is 0.319 e. The molecule has 0 saturated carbocycles. The van der Waals surface area contributed by atoms with Crippen molar-refractivity contribution in [3.05, 3.63) is 0 Å². The predicted octanol–water partition coefficient (Wildman–Crippen LogP) is 1.03. The van der Waals surface area contributed by atoms with Crippen molar-refractivity contribution in [1.82, 2.24) is 0 Å². The Morgan fingerprint density at radius 2 is 1.33 bits per heavy atom. The molecule has 0 spiro atoms. The van der Waals surface area contributed by atoms with Crippen molar-refractivity contribution < 1.29 is 33.4 Å². The first-order valence-electron chi connectivity index (χ1n) is 6.57. The van der Waals surface area contributed by atoms with E-state index in [1.165, 1.54) is 28.3 Å². The Morgan fingerprint density at radius 3 is 1.76 bits per heavy atom. The van der Waals surface area contributed by atoms with E-state index in [1.54, 1.807) is 0 Å². The van der Waals surface area contributed by atoms with E-state index in [9.17, 15) is 19.2 Å². The third-order valence-electron chi connectivity index (χ3n) is 3.45. The van der Waals surface area contributed by atoms with Crippen LogP contribution in [0.2, 0.25) is 0 Å². The number of ether oxygens (including phenoxy) is 3. The number of carbonyl (C=O) groups is 4. The second-order valence-electron chi connectivity index (χ2n) is 4.64. The molecule has 21 heavy (non-hydrogen) atoms. The Bertz CT molecular complexity index is 402. The average molecular weight is 302 g/mol. The summed E-state index contributed by atoms with van der Waals surface area (Å²) in [6, 6.07) is 0. The molecule has 0 N–H and O–H groups in total. The minimum Gasteiger partial charge on any atom is -0.469 e. The topological polar surface area (TPSA) is 96.0 Å². The maximum atomic E-state index is 12.0. The van der Waals surface area contributed by atoms with Crippen LogP contribution in [0.25, 0.3) is 0 Å². The van der Waals surface area contributed by atoms with Gasteiger partial charge < -0.3 is 14.2 Å². The van der Waals surface area contributed by atoms with Crippen molar-refractivity contribution in [2.75, 3.05) is 21.3 Å². The maximum absolute atomic E-state index is 12.0. The first kappa shape index (κ1) is 19.1. The van der Waals surface area contributed by atoms with Gasteiger partial charge in [0.25, 0.3) is 0 Å². The van der Waals surface area contributed by atoms with Crippen molar-refractivity contribution in [3.8, 4) is 0 Å². The van der Waals surface area contributed by atoms with Gasteiger partial charge in [-0.2, -0.15) is 0 Å². The predicted molar refractivity (Wildman–Crippen MR) is 72.2 cm³/mol. The molecule has 0 aliphatic carbocycles. The number of hydrogen-bond donors (Lipinski definition) is 0. The van der Waals surface area contributed by atoms with Crippen molar-refractivity contribution in [3.63, 3.8) is 0 Å². The average Bonchev–Trinajstić information content (AvgIpc) is 2.48. The third-order valence-corrected chi connectivity index (χ3v) is 3.45. The number of methoxy groups -OCH3 is 3. The summed E-state index contributed by atoms with van der Waals surface area (Å²) >= 11 is 0. The molecule has 7 heteroatoms. The van der Waals surface area contributed by atoms with Crippen molar-refractivity contribution in [1.29, 1.82) is 0 Å². The number of rotatable bonds is 9. The second kappa shape index (κ2) is 9.10. The molecule has 0 fully saturated rings. The highest BCUT2D eigenvalue weighted by Gasteiger charge is 2.44. The zero-order chi connectivity index (χ0) is 16.5. The lowest BCUT2D eigenvalue weighted by atomic mass is 9.75. The first-order valence-corrected chi connectivity index (χ1v) is 6.57.